The Morgan fingerprint density at radius 2 is 1.10 bits per heavy atom. The third-order valence-electron chi connectivity index (χ3n) is 11.4. The summed E-state index contributed by atoms with van der Waals surface area (Å²) in [4.78, 5) is 10.1. The highest BCUT2D eigenvalue weighted by molar-refractivity contribution is 6.23. The zero-order valence-corrected chi connectivity index (χ0v) is 26.9. The first kappa shape index (κ1) is 26.4. The van der Waals surface area contributed by atoms with Crippen molar-refractivity contribution in [1.82, 2.24) is 14.4 Å². The molecule has 3 heterocycles. The van der Waals surface area contributed by atoms with E-state index in [0.29, 0.717) is 0 Å². The van der Waals surface area contributed by atoms with Crippen LogP contribution in [0.3, 0.4) is 0 Å². The number of hydrogen-bond acceptors (Lipinski definition) is 2. The molecule has 0 saturated carbocycles. The predicted molar refractivity (Wildman–Crippen MR) is 205 cm³/mol. The molecule has 0 atom stereocenters. The Labute approximate surface area is 287 Å². The van der Waals surface area contributed by atoms with E-state index in [1.54, 1.807) is 0 Å². The van der Waals surface area contributed by atoms with Gasteiger partial charge in [-0.1, -0.05) is 115 Å². The monoisotopic (exact) mass is 633 g/mol. The smallest absolute Gasteiger partial charge is 0.146 e. The molecular formula is C47H27N3. The van der Waals surface area contributed by atoms with E-state index in [2.05, 4.69) is 156 Å². The lowest BCUT2D eigenvalue weighted by atomic mass is 9.70. The van der Waals surface area contributed by atoms with Crippen LogP contribution < -0.4 is 0 Å². The second-order valence-corrected chi connectivity index (χ2v) is 13.7. The maximum Gasteiger partial charge on any atom is 0.146 e. The van der Waals surface area contributed by atoms with Gasteiger partial charge in [-0.3, -0.25) is 9.38 Å². The largest absolute Gasteiger partial charge is 0.292 e. The number of para-hydroxylation sites is 2. The normalized spacial score (nSPS) is 13.8. The van der Waals surface area contributed by atoms with Crippen molar-refractivity contribution >= 4 is 49.3 Å². The Bertz CT molecular complexity index is 3050. The average Bonchev–Trinajstić information content (AvgIpc) is 3.82. The zero-order chi connectivity index (χ0) is 32.6. The molecule has 1 spiro atoms. The van der Waals surface area contributed by atoms with Gasteiger partial charge in [0.05, 0.1) is 27.5 Å². The molecule has 12 rings (SSSR count). The molecule has 7 aromatic carbocycles. The summed E-state index contributed by atoms with van der Waals surface area (Å²) in [6.07, 6.45) is 1.90. The van der Waals surface area contributed by atoms with Crippen molar-refractivity contribution in [2.75, 3.05) is 0 Å². The van der Waals surface area contributed by atoms with Gasteiger partial charge in [0.2, 0.25) is 0 Å². The van der Waals surface area contributed by atoms with Gasteiger partial charge in [-0.2, -0.15) is 0 Å². The summed E-state index contributed by atoms with van der Waals surface area (Å²) in [5.74, 6) is 0. The fourth-order valence-electron chi connectivity index (χ4n) is 9.44. The van der Waals surface area contributed by atoms with E-state index < -0.39 is 0 Å². The van der Waals surface area contributed by atoms with E-state index >= 15 is 0 Å². The minimum atomic E-state index is -0.374. The third kappa shape index (κ3) is 3.11. The lowest BCUT2D eigenvalue weighted by Gasteiger charge is -2.30. The van der Waals surface area contributed by atoms with Gasteiger partial charge in [-0.15, -0.1) is 0 Å². The average molecular weight is 634 g/mol. The fourth-order valence-corrected chi connectivity index (χ4v) is 9.44. The lowest BCUT2D eigenvalue weighted by Crippen LogP contribution is -2.25. The van der Waals surface area contributed by atoms with Gasteiger partial charge in [0.15, 0.2) is 0 Å². The van der Waals surface area contributed by atoms with Crippen molar-refractivity contribution in [3.8, 4) is 33.4 Å². The summed E-state index contributed by atoms with van der Waals surface area (Å²) in [7, 11) is 0. The van der Waals surface area contributed by atoms with Crippen molar-refractivity contribution in [1.29, 1.82) is 0 Å². The van der Waals surface area contributed by atoms with Gasteiger partial charge in [-0.05, 0) is 98.1 Å². The Morgan fingerprint density at radius 3 is 1.86 bits per heavy atom. The summed E-state index contributed by atoms with van der Waals surface area (Å²) >= 11 is 0. The molecule has 0 fully saturated rings. The standard InChI is InChI=1S/C47H27N3/c1-4-14-37-31(11-1)32-12-2-5-15-38(32)47(37)39-16-6-3-13-33(39)34-22-20-30(27-40(34)47)29-21-24-42-36(26-29)44-35(23-19-28-10-9-25-48-45(28)44)46-49-41-17-7-8-18-43(41)50(42)46/h1-27H. The van der Waals surface area contributed by atoms with E-state index in [4.69, 9.17) is 9.97 Å². The molecule has 0 N–H and O–H groups in total. The van der Waals surface area contributed by atoms with Crippen molar-refractivity contribution in [2.45, 2.75) is 5.41 Å². The molecule has 0 radical (unpaired) electrons. The molecule has 0 aliphatic heterocycles. The fraction of sp³-hybridized carbons (Fsp3) is 0.0213. The van der Waals surface area contributed by atoms with Gasteiger partial charge >= 0.3 is 0 Å². The Morgan fingerprint density at radius 1 is 0.460 bits per heavy atom. The van der Waals surface area contributed by atoms with Crippen molar-refractivity contribution in [3.05, 3.63) is 186 Å². The SMILES string of the molecule is c1ccc2c(c1)-c1ccccc1C21c2ccccc2-c2ccc(-c3ccc4c(c3)c3c(ccc5cccnc53)c3nc5ccccc5n43)cc21. The van der Waals surface area contributed by atoms with Crippen LogP contribution in [0, 0.1) is 0 Å². The minimum absolute atomic E-state index is 0.374. The highest BCUT2D eigenvalue weighted by Gasteiger charge is 2.51. The first-order chi connectivity index (χ1) is 24.8. The summed E-state index contributed by atoms with van der Waals surface area (Å²) in [5, 5.41) is 4.56. The highest BCUT2D eigenvalue weighted by Crippen LogP contribution is 2.63. The number of rotatable bonds is 1. The molecule has 2 aliphatic carbocycles. The maximum absolute atomic E-state index is 5.15. The van der Waals surface area contributed by atoms with Crippen LogP contribution in [0.1, 0.15) is 22.3 Å². The molecule has 10 aromatic rings. The number of aromatic nitrogens is 3. The number of imidazole rings is 1. The molecule has 3 aromatic heterocycles. The molecular weight excluding hydrogens is 607 g/mol. The predicted octanol–water partition coefficient (Wildman–Crippen LogP) is 11.4. The van der Waals surface area contributed by atoms with Gasteiger partial charge < -0.3 is 0 Å². The lowest BCUT2D eigenvalue weighted by molar-refractivity contribution is 0.794. The summed E-state index contributed by atoms with van der Waals surface area (Å²) in [5.41, 5.74) is 17.9. The number of nitrogens with zero attached hydrogens (tertiary/aromatic N) is 3. The van der Waals surface area contributed by atoms with Crippen LogP contribution in [-0.4, -0.2) is 14.4 Å². The number of fused-ring (bicyclic) bond motifs is 20. The molecule has 3 heteroatoms. The van der Waals surface area contributed by atoms with Gasteiger partial charge in [0, 0.05) is 27.7 Å². The van der Waals surface area contributed by atoms with E-state index in [1.807, 2.05) is 12.3 Å². The molecule has 0 bridgehead atoms. The first-order valence-electron chi connectivity index (χ1n) is 17.3. The van der Waals surface area contributed by atoms with Crippen molar-refractivity contribution in [2.24, 2.45) is 0 Å². The third-order valence-corrected chi connectivity index (χ3v) is 11.4. The van der Waals surface area contributed by atoms with E-state index in [-0.39, 0.29) is 5.41 Å². The topological polar surface area (TPSA) is 30.2 Å². The molecule has 0 amide bonds. The highest BCUT2D eigenvalue weighted by atomic mass is 15.0. The number of benzene rings is 7. The second-order valence-electron chi connectivity index (χ2n) is 13.7. The van der Waals surface area contributed by atoms with Gasteiger partial charge in [-0.25, -0.2) is 4.98 Å². The summed E-state index contributed by atoms with van der Waals surface area (Å²) in [6, 6.07) is 58.1. The molecule has 2 aliphatic rings. The number of hydrogen-bond donors (Lipinski definition) is 0. The number of pyridine rings is 2. The Balaban J connectivity index is 1.18. The van der Waals surface area contributed by atoms with Crippen molar-refractivity contribution < 1.29 is 0 Å². The quantitative estimate of drug-likeness (QED) is 0.168. The molecule has 0 saturated heterocycles. The molecule has 0 unspecified atom stereocenters. The van der Waals surface area contributed by atoms with Gasteiger partial charge in [0.25, 0.3) is 0 Å². The van der Waals surface area contributed by atoms with Crippen LogP contribution in [0.5, 0.6) is 0 Å². The Kier molecular flexibility index (Phi) is 4.91. The summed E-state index contributed by atoms with van der Waals surface area (Å²) < 4.78 is 2.33. The van der Waals surface area contributed by atoms with Gasteiger partial charge in [0.1, 0.15) is 5.65 Å². The van der Waals surface area contributed by atoms with Crippen LogP contribution >= 0.6 is 0 Å². The molecule has 50 heavy (non-hydrogen) atoms. The molecule has 3 nitrogen and oxygen atoms in total. The van der Waals surface area contributed by atoms with E-state index in [9.17, 15) is 0 Å². The summed E-state index contributed by atoms with van der Waals surface area (Å²) in [6.45, 7) is 0. The van der Waals surface area contributed by atoms with Crippen LogP contribution in [0.2, 0.25) is 0 Å². The van der Waals surface area contributed by atoms with Crippen molar-refractivity contribution in [3.63, 3.8) is 0 Å². The van der Waals surface area contributed by atoms with Crippen LogP contribution in [0.25, 0.3) is 82.6 Å². The van der Waals surface area contributed by atoms with E-state index in [0.717, 1.165) is 43.9 Å². The first-order valence-corrected chi connectivity index (χ1v) is 17.3. The Hall–Kier alpha value is -6.58. The minimum Gasteiger partial charge on any atom is -0.292 e. The van der Waals surface area contributed by atoms with Crippen LogP contribution in [-0.2, 0) is 5.41 Å². The van der Waals surface area contributed by atoms with E-state index in [1.165, 1.54) is 61.0 Å². The maximum atomic E-state index is 5.15. The molecule has 230 valence electrons. The van der Waals surface area contributed by atoms with Crippen LogP contribution in [0.4, 0.5) is 0 Å². The second kappa shape index (κ2) is 9.31. The zero-order valence-electron chi connectivity index (χ0n) is 26.9. The van der Waals surface area contributed by atoms with Crippen LogP contribution in [0.15, 0.2) is 164 Å².